The van der Waals surface area contributed by atoms with Crippen molar-refractivity contribution < 1.29 is 13.5 Å². The third kappa shape index (κ3) is 3.05. The predicted molar refractivity (Wildman–Crippen MR) is 79.1 cm³/mol. The van der Waals surface area contributed by atoms with Gasteiger partial charge in [0.15, 0.2) is 0 Å². The van der Waals surface area contributed by atoms with Gasteiger partial charge >= 0.3 is 0 Å². The van der Waals surface area contributed by atoms with Crippen LogP contribution in [0.2, 0.25) is 0 Å². The molecule has 1 aliphatic rings. The summed E-state index contributed by atoms with van der Waals surface area (Å²) in [5.74, 6) is 0.310. The summed E-state index contributed by atoms with van der Waals surface area (Å²) >= 11 is 0. The van der Waals surface area contributed by atoms with Gasteiger partial charge in [0.05, 0.1) is 5.69 Å². The third-order valence-electron chi connectivity index (χ3n) is 3.76. The van der Waals surface area contributed by atoms with Gasteiger partial charge in [-0.3, -0.25) is 0 Å². The van der Waals surface area contributed by atoms with E-state index in [1.54, 1.807) is 12.1 Å². The number of nitrogen functional groups attached to an aromatic ring is 1. The fraction of sp³-hybridized carbons (Fsp3) is 0.538. The molecule has 4 N–H and O–H groups in total. The topological polar surface area (TPSA) is 95.7 Å². The molecule has 1 heterocycles. The molecule has 0 saturated carbocycles. The lowest BCUT2D eigenvalue weighted by Gasteiger charge is -2.34. The van der Waals surface area contributed by atoms with Gasteiger partial charge in [0.1, 0.15) is 4.90 Å². The Hall–Kier alpha value is -1.31. The van der Waals surface area contributed by atoms with E-state index in [-0.39, 0.29) is 11.5 Å². The molecule has 112 valence electrons. The van der Waals surface area contributed by atoms with Crippen LogP contribution in [0.3, 0.4) is 0 Å². The first-order chi connectivity index (χ1) is 9.47. The van der Waals surface area contributed by atoms with E-state index in [1.165, 1.54) is 13.1 Å². The fourth-order valence-corrected chi connectivity index (χ4v) is 3.46. The Morgan fingerprint density at radius 1 is 1.40 bits per heavy atom. The zero-order valence-corrected chi connectivity index (χ0v) is 12.4. The number of benzene rings is 1. The Balaban J connectivity index is 2.33. The van der Waals surface area contributed by atoms with Gasteiger partial charge in [-0.15, -0.1) is 0 Å². The molecule has 0 amide bonds. The molecular weight excluding hydrogens is 278 g/mol. The van der Waals surface area contributed by atoms with E-state index >= 15 is 0 Å². The van der Waals surface area contributed by atoms with E-state index in [9.17, 15) is 8.42 Å². The van der Waals surface area contributed by atoms with Gasteiger partial charge in [-0.1, -0.05) is 0 Å². The van der Waals surface area contributed by atoms with Crippen LogP contribution in [0.4, 0.5) is 11.4 Å². The minimum absolute atomic E-state index is 0.192. The van der Waals surface area contributed by atoms with E-state index in [0.29, 0.717) is 17.3 Å². The third-order valence-corrected chi connectivity index (χ3v) is 5.20. The normalized spacial score (nSPS) is 17.4. The first-order valence-corrected chi connectivity index (χ1v) is 8.15. The standard InChI is InChI=1S/C13H21N3O3S/c1-15-20(18,19)13-8-11(14)2-3-12(13)16-6-4-10(9-17)5-7-16/h2-3,8,10,15,17H,4-7,9,14H2,1H3. The maximum Gasteiger partial charge on any atom is 0.242 e. The Morgan fingerprint density at radius 3 is 2.60 bits per heavy atom. The van der Waals surface area contributed by atoms with Crippen molar-refractivity contribution in [2.75, 3.05) is 37.4 Å². The predicted octanol–water partition coefficient (Wildman–Crippen LogP) is 0.386. The summed E-state index contributed by atoms with van der Waals surface area (Å²) in [5.41, 5.74) is 6.80. The SMILES string of the molecule is CNS(=O)(=O)c1cc(N)ccc1N1CCC(CO)CC1. The van der Waals surface area contributed by atoms with Gasteiger partial charge in [0, 0.05) is 25.4 Å². The van der Waals surface area contributed by atoms with Gasteiger partial charge in [-0.25, -0.2) is 13.1 Å². The molecular formula is C13H21N3O3S. The molecule has 7 heteroatoms. The zero-order valence-electron chi connectivity index (χ0n) is 11.5. The lowest BCUT2D eigenvalue weighted by molar-refractivity contribution is 0.203. The Morgan fingerprint density at radius 2 is 2.05 bits per heavy atom. The molecule has 0 unspecified atom stereocenters. The molecule has 1 saturated heterocycles. The molecule has 6 nitrogen and oxygen atoms in total. The summed E-state index contributed by atoms with van der Waals surface area (Å²) in [5, 5.41) is 9.17. The Bertz CT molecular complexity index is 566. The second-order valence-corrected chi connectivity index (χ2v) is 6.90. The molecule has 0 atom stereocenters. The van der Waals surface area contributed by atoms with Gasteiger partial charge in [0.2, 0.25) is 10.0 Å². The number of nitrogens with zero attached hydrogens (tertiary/aromatic N) is 1. The zero-order chi connectivity index (χ0) is 14.8. The molecule has 20 heavy (non-hydrogen) atoms. The van der Waals surface area contributed by atoms with Crippen LogP contribution in [0.1, 0.15) is 12.8 Å². The van der Waals surface area contributed by atoms with E-state index < -0.39 is 10.0 Å². The molecule has 1 aromatic carbocycles. The molecule has 0 aromatic heterocycles. The first kappa shape index (κ1) is 15.1. The van der Waals surface area contributed by atoms with Crippen molar-refractivity contribution in [2.24, 2.45) is 5.92 Å². The molecule has 0 aliphatic carbocycles. The summed E-state index contributed by atoms with van der Waals surface area (Å²) in [7, 11) is -2.15. The van der Waals surface area contributed by atoms with Gasteiger partial charge < -0.3 is 15.7 Å². The van der Waals surface area contributed by atoms with Crippen LogP contribution in [0, 0.1) is 5.92 Å². The maximum atomic E-state index is 12.1. The number of hydrogen-bond acceptors (Lipinski definition) is 5. The van der Waals surface area contributed by atoms with E-state index in [4.69, 9.17) is 10.8 Å². The van der Waals surface area contributed by atoms with Gasteiger partial charge in [-0.05, 0) is 44.0 Å². The molecule has 0 radical (unpaired) electrons. The molecule has 0 bridgehead atoms. The quantitative estimate of drug-likeness (QED) is 0.699. The number of anilines is 2. The highest BCUT2D eigenvalue weighted by Gasteiger charge is 2.24. The van der Waals surface area contributed by atoms with Crippen LogP contribution in [0.5, 0.6) is 0 Å². The van der Waals surface area contributed by atoms with E-state index in [1.807, 2.05) is 4.90 Å². The van der Waals surface area contributed by atoms with Crippen LogP contribution in [-0.2, 0) is 10.0 Å². The highest BCUT2D eigenvalue weighted by molar-refractivity contribution is 7.89. The van der Waals surface area contributed by atoms with Crippen molar-refractivity contribution in [3.05, 3.63) is 18.2 Å². The number of piperidine rings is 1. The number of sulfonamides is 1. The van der Waals surface area contributed by atoms with Crippen LogP contribution in [0.15, 0.2) is 23.1 Å². The minimum atomic E-state index is -3.54. The molecule has 2 rings (SSSR count). The average molecular weight is 299 g/mol. The van der Waals surface area contributed by atoms with Crippen LogP contribution in [0.25, 0.3) is 0 Å². The number of aliphatic hydroxyl groups is 1. The lowest BCUT2D eigenvalue weighted by Crippen LogP contribution is -2.36. The summed E-state index contributed by atoms with van der Waals surface area (Å²) in [6, 6.07) is 4.94. The highest BCUT2D eigenvalue weighted by Crippen LogP contribution is 2.30. The van der Waals surface area contributed by atoms with Crippen LogP contribution in [-0.4, -0.2) is 40.3 Å². The monoisotopic (exact) mass is 299 g/mol. The summed E-state index contributed by atoms with van der Waals surface area (Å²) in [6.45, 7) is 1.67. The van der Waals surface area contributed by atoms with Crippen molar-refractivity contribution in [1.82, 2.24) is 4.72 Å². The van der Waals surface area contributed by atoms with Gasteiger partial charge in [-0.2, -0.15) is 0 Å². The Kier molecular flexibility index (Phi) is 4.52. The van der Waals surface area contributed by atoms with E-state index in [2.05, 4.69) is 4.72 Å². The largest absolute Gasteiger partial charge is 0.399 e. The van der Waals surface area contributed by atoms with Crippen molar-refractivity contribution in [3.8, 4) is 0 Å². The van der Waals surface area contributed by atoms with Crippen LogP contribution >= 0.6 is 0 Å². The van der Waals surface area contributed by atoms with Crippen LogP contribution < -0.4 is 15.4 Å². The van der Waals surface area contributed by atoms with Crippen molar-refractivity contribution in [2.45, 2.75) is 17.7 Å². The Labute approximate surface area is 119 Å². The first-order valence-electron chi connectivity index (χ1n) is 6.67. The summed E-state index contributed by atoms with van der Waals surface area (Å²) in [4.78, 5) is 2.25. The number of hydrogen-bond donors (Lipinski definition) is 3. The minimum Gasteiger partial charge on any atom is -0.399 e. The highest BCUT2D eigenvalue weighted by atomic mass is 32.2. The maximum absolute atomic E-state index is 12.1. The smallest absolute Gasteiger partial charge is 0.242 e. The summed E-state index contributed by atoms with van der Waals surface area (Å²) in [6.07, 6.45) is 1.72. The molecule has 1 aromatic rings. The number of nitrogens with two attached hydrogens (primary N) is 1. The van der Waals surface area contributed by atoms with Crippen molar-refractivity contribution in [3.63, 3.8) is 0 Å². The van der Waals surface area contributed by atoms with Crippen molar-refractivity contribution in [1.29, 1.82) is 0 Å². The second-order valence-electron chi connectivity index (χ2n) is 5.05. The van der Waals surface area contributed by atoms with Crippen molar-refractivity contribution >= 4 is 21.4 Å². The molecule has 0 spiro atoms. The number of rotatable bonds is 4. The molecule has 1 aliphatic heterocycles. The number of nitrogens with one attached hydrogen (secondary N) is 1. The van der Waals surface area contributed by atoms with E-state index in [0.717, 1.165) is 25.9 Å². The number of aliphatic hydroxyl groups excluding tert-OH is 1. The summed E-state index contributed by atoms with van der Waals surface area (Å²) < 4.78 is 26.5. The van der Waals surface area contributed by atoms with Gasteiger partial charge in [0.25, 0.3) is 0 Å². The average Bonchev–Trinajstić information content (AvgIpc) is 2.47. The fourth-order valence-electron chi connectivity index (χ4n) is 2.47. The lowest BCUT2D eigenvalue weighted by atomic mass is 9.97. The second kappa shape index (κ2) is 5.99. The molecule has 1 fully saturated rings.